The lowest BCUT2D eigenvalue weighted by atomic mass is 10.1. The van der Waals surface area contributed by atoms with E-state index >= 15 is 0 Å². The number of rotatable bonds is 5. The van der Waals surface area contributed by atoms with Crippen LogP contribution in [-0.2, 0) is 4.79 Å². The average molecular weight is 236 g/mol. The molecule has 17 heavy (non-hydrogen) atoms. The summed E-state index contributed by atoms with van der Waals surface area (Å²) in [6.07, 6.45) is 3.61. The van der Waals surface area contributed by atoms with Crippen molar-refractivity contribution in [1.29, 1.82) is 0 Å². The number of carboxylic acid groups (broad SMARTS) is 1. The lowest BCUT2D eigenvalue weighted by molar-refractivity contribution is -0.141. The number of nitrogens with zero attached hydrogens (tertiary/aromatic N) is 1. The van der Waals surface area contributed by atoms with E-state index in [0.29, 0.717) is 12.0 Å². The van der Waals surface area contributed by atoms with Gasteiger partial charge in [0.2, 0.25) is 0 Å². The molecule has 1 rings (SSSR count). The number of aryl methyl sites for hydroxylation is 1. The Morgan fingerprint density at radius 3 is 2.71 bits per heavy atom. The fourth-order valence-corrected chi connectivity index (χ4v) is 1.40. The highest BCUT2D eigenvalue weighted by Crippen LogP contribution is 2.03. The van der Waals surface area contributed by atoms with Crippen molar-refractivity contribution >= 4 is 11.9 Å². The predicted octanol–water partition coefficient (Wildman–Crippen LogP) is 1.23. The third-order valence-corrected chi connectivity index (χ3v) is 2.49. The summed E-state index contributed by atoms with van der Waals surface area (Å²) in [5.74, 6) is -1.73. The highest BCUT2D eigenvalue weighted by Gasteiger charge is 2.16. The number of hydrogen-bond donors (Lipinski definition) is 2. The molecule has 0 aliphatic rings. The summed E-state index contributed by atoms with van der Waals surface area (Å²) in [6.45, 7) is 3.76. The molecule has 0 spiro atoms. The van der Waals surface area contributed by atoms with E-state index < -0.39 is 11.9 Å². The van der Waals surface area contributed by atoms with Crippen LogP contribution in [0.3, 0.4) is 0 Å². The van der Waals surface area contributed by atoms with Crippen molar-refractivity contribution in [3.8, 4) is 0 Å². The molecule has 0 bridgehead atoms. The van der Waals surface area contributed by atoms with Gasteiger partial charge >= 0.3 is 5.97 Å². The van der Waals surface area contributed by atoms with Crippen LogP contribution < -0.4 is 5.32 Å². The summed E-state index contributed by atoms with van der Waals surface area (Å²) >= 11 is 0. The summed E-state index contributed by atoms with van der Waals surface area (Å²) in [6, 6.07) is 1.71. The zero-order valence-corrected chi connectivity index (χ0v) is 9.93. The summed E-state index contributed by atoms with van der Waals surface area (Å²) in [7, 11) is 0. The summed E-state index contributed by atoms with van der Waals surface area (Å²) in [5.41, 5.74) is 1.34. The monoisotopic (exact) mass is 236 g/mol. The van der Waals surface area contributed by atoms with Crippen LogP contribution in [0.5, 0.6) is 0 Å². The predicted molar refractivity (Wildman–Crippen MR) is 62.7 cm³/mol. The zero-order valence-electron chi connectivity index (χ0n) is 9.93. The van der Waals surface area contributed by atoms with Gasteiger partial charge in [0.05, 0.1) is 11.5 Å². The van der Waals surface area contributed by atoms with E-state index in [9.17, 15) is 9.59 Å². The Morgan fingerprint density at radius 2 is 2.18 bits per heavy atom. The molecule has 0 aliphatic heterocycles. The standard InChI is InChI=1S/C12H16N2O3/c1-3-9(12(16)17)7-14-11(15)10-4-8(2)5-13-6-10/h4-6,9H,3,7H2,1-2H3,(H,14,15)(H,16,17). The fraction of sp³-hybridized carbons (Fsp3) is 0.417. The highest BCUT2D eigenvalue weighted by atomic mass is 16.4. The third-order valence-electron chi connectivity index (χ3n) is 2.49. The maximum Gasteiger partial charge on any atom is 0.308 e. The molecule has 0 radical (unpaired) electrons. The molecular weight excluding hydrogens is 220 g/mol. The quantitative estimate of drug-likeness (QED) is 0.805. The molecule has 1 atom stereocenters. The molecule has 0 aliphatic carbocycles. The average Bonchev–Trinajstić information content (AvgIpc) is 2.29. The maximum atomic E-state index is 11.7. The van der Waals surface area contributed by atoms with Gasteiger partial charge in [-0.1, -0.05) is 6.92 Å². The number of amides is 1. The van der Waals surface area contributed by atoms with Crippen molar-refractivity contribution in [2.45, 2.75) is 20.3 Å². The molecule has 1 amide bonds. The van der Waals surface area contributed by atoms with Gasteiger partial charge in [-0.15, -0.1) is 0 Å². The second-order valence-electron chi connectivity index (χ2n) is 3.90. The van der Waals surface area contributed by atoms with Crippen LogP contribution in [0, 0.1) is 12.8 Å². The minimum Gasteiger partial charge on any atom is -0.481 e. The molecule has 1 aromatic rings. The van der Waals surface area contributed by atoms with E-state index in [1.54, 1.807) is 19.2 Å². The van der Waals surface area contributed by atoms with Crippen LogP contribution in [0.1, 0.15) is 29.3 Å². The minimum absolute atomic E-state index is 0.138. The molecule has 92 valence electrons. The van der Waals surface area contributed by atoms with Gasteiger partial charge in [0.25, 0.3) is 5.91 Å². The van der Waals surface area contributed by atoms with Gasteiger partial charge in [0, 0.05) is 18.9 Å². The van der Waals surface area contributed by atoms with Crippen LogP contribution in [-0.4, -0.2) is 28.5 Å². The second kappa shape index (κ2) is 5.98. The maximum absolute atomic E-state index is 11.7. The Labute approximate surface area is 99.9 Å². The number of aliphatic carboxylic acids is 1. The van der Waals surface area contributed by atoms with Crippen LogP contribution >= 0.6 is 0 Å². The van der Waals surface area contributed by atoms with Crippen molar-refractivity contribution in [3.05, 3.63) is 29.6 Å². The number of hydrogen-bond acceptors (Lipinski definition) is 3. The largest absolute Gasteiger partial charge is 0.481 e. The normalized spacial score (nSPS) is 11.9. The topological polar surface area (TPSA) is 79.3 Å². The van der Waals surface area contributed by atoms with E-state index in [4.69, 9.17) is 5.11 Å². The number of carbonyl (C=O) groups is 2. The summed E-state index contributed by atoms with van der Waals surface area (Å²) < 4.78 is 0. The van der Waals surface area contributed by atoms with Crippen molar-refractivity contribution in [3.63, 3.8) is 0 Å². The molecule has 1 unspecified atom stereocenters. The third kappa shape index (κ3) is 3.86. The number of carbonyl (C=O) groups excluding carboxylic acids is 1. The molecule has 0 aromatic carbocycles. The molecule has 5 heteroatoms. The molecule has 1 heterocycles. The zero-order chi connectivity index (χ0) is 12.8. The molecular formula is C12H16N2O3. The molecule has 0 saturated heterocycles. The first-order valence-corrected chi connectivity index (χ1v) is 5.47. The number of aromatic nitrogens is 1. The van der Waals surface area contributed by atoms with Gasteiger partial charge < -0.3 is 10.4 Å². The SMILES string of the molecule is CCC(CNC(=O)c1cncc(C)c1)C(=O)O. The molecule has 0 saturated carbocycles. The highest BCUT2D eigenvalue weighted by molar-refractivity contribution is 5.94. The van der Waals surface area contributed by atoms with E-state index in [2.05, 4.69) is 10.3 Å². The molecule has 2 N–H and O–H groups in total. The van der Waals surface area contributed by atoms with Crippen molar-refractivity contribution in [2.24, 2.45) is 5.92 Å². The fourth-order valence-electron chi connectivity index (χ4n) is 1.40. The van der Waals surface area contributed by atoms with Gasteiger partial charge in [-0.3, -0.25) is 14.6 Å². The Kier molecular flexibility index (Phi) is 4.63. The molecule has 5 nitrogen and oxygen atoms in total. The Balaban J connectivity index is 2.58. The van der Waals surface area contributed by atoms with Crippen LogP contribution in [0.25, 0.3) is 0 Å². The van der Waals surface area contributed by atoms with Crippen LogP contribution in [0.2, 0.25) is 0 Å². The first kappa shape index (κ1) is 13.2. The first-order chi connectivity index (χ1) is 8.04. The molecule has 0 fully saturated rings. The van der Waals surface area contributed by atoms with Crippen molar-refractivity contribution in [2.75, 3.05) is 6.54 Å². The van der Waals surface area contributed by atoms with Gasteiger partial charge in [0.1, 0.15) is 0 Å². The van der Waals surface area contributed by atoms with Gasteiger partial charge in [0.15, 0.2) is 0 Å². The first-order valence-electron chi connectivity index (χ1n) is 5.47. The lowest BCUT2D eigenvalue weighted by Gasteiger charge is -2.11. The Bertz CT molecular complexity index is 418. The summed E-state index contributed by atoms with van der Waals surface area (Å²) in [5, 5.41) is 11.4. The van der Waals surface area contributed by atoms with Crippen molar-refractivity contribution in [1.82, 2.24) is 10.3 Å². The van der Waals surface area contributed by atoms with Gasteiger partial charge in [-0.2, -0.15) is 0 Å². The summed E-state index contributed by atoms with van der Waals surface area (Å²) in [4.78, 5) is 26.4. The van der Waals surface area contributed by atoms with E-state index in [1.165, 1.54) is 6.20 Å². The van der Waals surface area contributed by atoms with E-state index in [-0.39, 0.29) is 12.5 Å². The number of carboxylic acids is 1. The number of pyridine rings is 1. The lowest BCUT2D eigenvalue weighted by Crippen LogP contribution is -2.32. The van der Waals surface area contributed by atoms with Crippen molar-refractivity contribution < 1.29 is 14.7 Å². The van der Waals surface area contributed by atoms with E-state index in [0.717, 1.165) is 5.56 Å². The van der Waals surface area contributed by atoms with Gasteiger partial charge in [-0.05, 0) is 25.0 Å². The Hall–Kier alpha value is -1.91. The van der Waals surface area contributed by atoms with Gasteiger partial charge in [-0.25, -0.2) is 0 Å². The van der Waals surface area contributed by atoms with Crippen LogP contribution in [0.15, 0.2) is 18.5 Å². The number of nitrogens with one attached hydrogen (secondary N) is 1. The Morgan fingerprint density at radius 1 is 1.47 bits per heavy atom. The molecule has 1 aromatic heterocycles. The smallest absolute Gasteiger partial charge is 0.308 e. The van der Waals surface area contributed by atoms with E-state index in [1.807, 2.05) is 6.92 Å². The second-order valence-corrected chi connectivity index (χ2v) is 3.90. The van der Waals surface area contributed by atoms with Crippen LogP contribution in [0.4, 0.5) is 0 Å². The minimum atomic E-state index is -0.893.